The molecule has 0 atom stereocenters. The molecule has 0 aliphatic carbocycles. The van der Waals surface area contributed by atoms with Gasteiger partial charge in [-0.25, -0.2) is 13.2 Å². The molecule has 1 aromatic heterocycles. The maximum atomic E-state index is 11.3. The molecule has 8 heteroatoms. The molecule has 0 fully saturated rings. The molecule has 0 saturated heterocycles. The van der Waals surface area contributed by atoms with Crippen LogP contribution in [0.4, 0.5) is 0 Å². The summed E-state index contributed by atoms with van der Waals surface area (Å²) in [4.78, 5) is 19.5. The monoisotopic (exact) mass is 232 g/mol. The molecule has 82 valence electrons. The van der Waals surface area contributed by atoms with E-state index in [9.17, 15) is 13.2 Å². The lowest BCUT2D eigenvalue weighted by atomic mass is 10.5. The van der Waals surface area contributed by atoms with Crippen LogP contribution in [0.3, 0.4) is 0 Å². The number of carboxylic acid groups (broad SMARTS) is 1. The third kappa shape index (κ3) is 3.62. The van der Waals surface area contributed by atoms with Crippen molar-refractivity contribution in [3.05, 3.63) is 24.5 Å². The summed E-state index contributed by atoms with van der Waals surface area (Å²) in [7, 11) is -3.85. The van der Waals surface area contributed by atoms with Gasteiger partial charge in [0.15, 0.2) is 6.61 Å². The van der Waals surface area contributed by atoms with Crippen LogP contribution in [0.5, 0.6) is 0 Å². The van der Waals surface area contributed by atoms with Gasteiger partial charge in [-0.1, -0.05) is 4.89 Å². The van der Waals surface area contributed by atoms with Gasteiger partial charge >= 0.3 is 5.97 Å². The highest BCUT2D eigenvalue weighted by Gasteiger charge is 2.14. The lowest BCUT2D eigenvalue weighted by Gasteiger charge is -2.04. The molecule has 0 aromatic carbocycles. The van der Waals surface area contributed by atoms with Gasteiger partial charge in [-0.15, -0.1) is 0 Å². The molecule has 15 heavy (non-hydrogen) atoms. The van der Waals surface area contributed by atoms with Crippen LogP contribution in [-0.2, 0) is 19.7 Å². The lowest BCUT2D eigenvalue weighted by molar-refractivity contribution is -0.143. The summed E-state index contributed by atoms with van der Waals surface area (Å²) >= 11 is 0. The van der Waals surface area contributed by atoms with Crippen molar-refractivity contribution in [3.8, 4) is 0 Å². The van der Waals surface area contributed by atoms with E-state index >= 15 is 0 Å². The first-order valence-corrected chi connectivity index (χ1v) is 5.26. The van der Waals surface area contributed by atoms with Crippen molar-refractivity contribution in [1.82, 2.24) is 9.87 Å². The van der Waals surface area contributed by atoms with Gasteiger partial charge < -0.3 is 5.11 Å². The first kappa shape index (κ1) is 11.6. The summed E-state index contributed by atoms with van der Waals surface area (Å²) < 4.78 is 22.7. The maximum absolute atomic E-state index is 11.3. The van der Waals surface area contributed by atoms with E-state index in [2.05, 4.69) is 9.82 Å². The van der Waals surface area contributed by atoms with Gasteiger partial charge in [-0.3, -0.25) is 9.82 Å². The Kier molecular flexibility index (Phi) is 3.72. The number of carbonyl (C=O) groups is 1. The molecule has 1 rings (SSSR count). The predicted molar refractivity (Wildman–Crippen MR) is 48.1 cm³/mol. The third-order valence-electron chi connectivity index (χ3n) is 1.31. The van der Waals surface area contributed by atoms with Crippen LogP contribution in [0.1, 0.15) is 0 Å². The van der Waals surface area contributed by atoms with E-state index < -0.39 is 22.6 Å². The average Bonchev–Trinajstić information content (AvgIpc) is 2.18. The molecule has 2 N–H and O–H groups in total. The summed E-state index contributed by atoms with van der Waals surface area (Å²) in [6, 6.07) is 2.74. The molecular weight excluding hydrogens is 224 g/mol. The van der Waals surface area contributed by atoms with Gasteiger partial charge in [0.1, 0.15) is 4.90 Å². The normalized spacial score (nSPS) is 11.2. The van der Waals surface area contributed by atoms with Crippen molar-refractivity contribution >= 4 is 16.0 Å². The van der Waals surface area contributed by atoms with Crippen molar-refractivity contribution < 1.29 is 23.2 Å². The third-order valence-corrected chi connectivity index (χ3v) is 2.51. The molecule has 1 heterocycles. The summed E-state index contributed by atoms with van der Waals surface area (Å²) in [5.74, 6) is -1.27. The number of aliphatic carboxylic acids is 1. The Bertz CT molecular complexity index is 430. The molecule has 0 aliphatic heterocycles. The maximum Gasteiger partial charge on any atom is 0.331 e. The minimum absolute atomic E-state index is 0.101. The number of carboxylic acids is 1. The second kappa shape index (κ2) is 4.82. The number of pyridine rings is 1. The Balaban J connectivity index is 2.65. The van der Waals surface area contributed by atoms with Crippen molar-refractivity contribution in [2.75, 3.05) is 6.61 Å². The van der Waals surface area contributed by atoms with Gasteiger partial charge in [-0.2, -0.15) is 0 Å². The topological polar surface area (TPSA) is 106 Å². The summed E-state index contributed by atoms with van der Waals surface area (Å²) in [5.41, 5.74) is 0. The van der Waals surface area contributed by atoms with Crippen LogP contribution in [-0.4, -0.2) is 31.1 Å². The molecule has 0 aliphatic rings. The van der Waals surface area contributed by atoms with E-state index in [0.29, 0.717) is 0 Å². The fourth-order valence-corrected chi connectivity index (χ4v) is 1.49. The SMILES string of the molecule is O=C(O)CONS(=O)(=O)c1cccnc1. The second-order valence-corrected chi connectivity index (χ2v) is 4.10. The van der Waals surface area contributed by atoms with Crippen LogP contribution >= 0.6 is 0 Å². The molecule has 0 saturated carbocycles. The standard InChI is InChI=1S/C7H8N2O5S/c10-7(11)5-14-9-15(12,13)6-2-1-3-8-4-6/h1-4,9H,5H2,(H,10,11). The van der Waals surface area contributed by atoms with Gasteiger partial charge in [-0.05, 0) is 12.1 Å². The number of rotatable bonds is 5. The molecule has 0 bridgehead atoms. The average molecular weight is 232 g/mol. The van der Waals surface area contributed by atoms with Crippen molar-refractivity contribution in [2.45, 2.75) is 4.90 Å². The van der Waals surface area contributed by atoms with E-state index in [1.807, 2.05) is 0 Å². The van der Waals surface area contributed by atoms with Crippen LogP contribution in [0, 0.1) is 0 Å². The number of hydrogen-bond acceptors (Lipinski definition) is 5. The predicted octanol–water partition coefficient (Wildman–Crippen LogP) is -0.624. The fourth-order valence-electron chi connectivity index (χ4n) is 0.723. The van der Waals surface area contributed by atoms with Gasteiger partial charge in [0, 0.05) is 12.4 Å². The van der Waals surface area contributed by atoms with Gasteiger partial charge in [0.2, 0.25) is 0 Å². The van der Waals surface area contributed by atoms with Crippen LogP contribution in [0.15, 0.2) is 29.4 Å². The fraction of sp³-hybridized carbons (Fsp3) is 0.143. The second-order valence-electron chi connectivity index (χ2n) is 2.46. The summed E-state index contributed by atoms with van der Waals surface area (Å²) in [6.45, 7) is -0.751. The van der Waals surface area contributed by atoms with Gasteiger partial charge in [0.05, 0.1) is 0 Å². The van der Waals surface area contributed by atoms with E-state index in [-0.39, 0.29) is 4.90 Å². The zero-order valence-corrected chi connectivity index (χ0v) is 8.27. The van der Waals surface area contributed by atoms with Crippen molar-refractivity contribution in [2.24, 2.45) is 0 Å². The Morgan fingerprint density at radius 3 is 2.87 bits per heavy atom. The molecule has 0 radical (unpaired) electrons. The number of sulfonamides is 1. The van der Waals surface area contributed by atoms with E-state index in [1.54, 1.807) is 4.89 Å². The lowest BCUT2D eigenvalue weighted by Crippen LogP contribution is -2.26. The molecule has 0 amide bonds. The van der Waals surface area contributed by atoms with Crippen molar-refractivity contribution in [3.63, 3.8) is 0 Å². The summed E-state index contributed by atoms with van der Waals surface area (Å²) in [5, 5.41) is 8.21. The molecule has 1 aromatic rings. The number of nitrogens with zero attached hydrogens (tertiary/aromatic N) is 1. The minimum atomic E-state index is -3.85. The molecule has 0 unspecified atom stereocenters. The first-order valence-electron chi connectivity index (χ1n) is 3.78. The van der Waals surface area contributed by atoms with Crippen molar-refractivity contribution in [1.29, 1.82) is 0 Å². The van der Waals surface area contributed by atoms with Crippen LogP contribution in [0.25, 0.3) is 0 Å². The number of hydrogen-bond donors (Lipinski definition) is 2. The molecule has 0 spiro atoms. The number of nitrogens with one attached hydrogen (secondary N) is 1. The molecular formula is C7H8N2O5S. The zero-order valence-electron chi connectivity index (χ0n) is 7.45. The Labute approximate surface area is 85.7 Å². The van der Waals surface area contributed by atoms with Gasteiger partial charge in [0.25, 0.3) is 10.0 Å². The van der Waals surface area contributed by atoms with E-state index in [4.69, 9.17) is 5.11 Å². The Morgan fingerprint density at radius 1 is 1.60 bits per heavy atom. The highest BCUT2D eigenvalue weighted by molar-refractivity contribution is 7.89. The smallest absolute Gasteiger partial charge is 0.331 e. The highest BCUT2D eigenvalue weighted by atomic mass is 32.2. The summed E-state index contributed by atoms with van der Waals surface area (Å²) in [6.07, 6.45) is 2.53. The highest BCUT2D eigenvalue weighted by Crippen LogP contribution is 2.04. The minimum Gasteiger partial charge on any atom is -0.479 e. The largest absolute Gasteiger partial charge is 0.479 e. The zero-order chi connectivity index (χ0) is 11.3. The van der Waals surface area contributed by atoms with E-state index in [0.717, 1.165) is 6.20 Å². The quantitative estimate of drug-likeness (QED) is 0.655. The first-order chi connectivity index (χ1) is 7.02. The van der Waals surface area contributed by atoms with E-state index in [1.165, 1.54) is 18.3 Å². The Morgan fingerprint density at radius 2 is 2.33 bits per heavy atom. The number of aromatic nitrogens is 1. The Hall–Kier alpha value is -1.51. The molecule has 7 nitrogen and oxygen atoms in total. The van der Waals surface area contributed by atoms with Crippen LogP contribution in [0.2, 0.25) is 0 Å². The van der Waals surface area contributed by atoms with Crippen LogP contribution < -0.4 is 4.89 Å².